The fraction of sp³-hybridized carbons (Fsp3) is 0.667. The maximum atomic E-state index is 12.4. The average molecular weight is 409 g/mol. The molecule has 0 spiro atoms. The summed E-state index contributed by atoms with van der Waals surface area (Å²) in [6.07, 6.45) is 3.03. The Morgan fingerprint density at radius 1 is 1.35 bits per heavy atom. The lowest BCUT2D eigenvalue weighted by Gasteiger charge is -2.30. The molecule has 0 aliphatic rings. The molecule has 8 heteroatoms. The maximum absolute atomic E-state index is 12.4. The highest BCUT2D eigenvalue weighted by Crippen LogP contribution is 2.25. The normalized spacial score (nSPS) is 15.2. The lowest BCUT2D eigenvalue weighted by molar-refractivity contribution is -0.157. The van der Waals surface area contributed by atoms with E-state index in [-0.39, 0.29) is 6.42 Å². The van der Waals surface area contributed by atoms with Crippen molar-refractivity contribution in [2.24, 2.45) is 0 Å². The fourth-order valence-corrected chi connectivity index (χ4v) is 3.10. The van der Waals surface area contributed by atoms with Crippen molar-refractivity contribution in [2.45, 2.75) is 51.0 Å². The summed E-state index contributed by atoms with van der Waals surface area (Å²) in [6, 6.07) is 1.93. The van der Waals surface area contributed by atoms with E-state index in [0.717, 1.165) is 16.4 Å². The highest BCUT2D eigenvalue weighted by atomic mass is 79.9. The molecule has 6 nitrogen and oxygen atoms in total. The van der Waals surface area contributed by atoms with E-state index >= 15 is 0 Å². The number of carbonyl (C=O) groups is 1. The van der Waals surface area contributed by atoms with Crippen LogP contribution in [0.15, 0.2) is 16.7 Å². The molecule has 0 fully saturated rings. The van der Waals surface area contributed by atoms with E-state index in [1.165, 1.54) is 6.92 Å². The van der Waals surface area contributed by atoms with Crippen LogP contribution in [0.3, 0.4) is 0 Å². The minimum atomic E-state index is -3.61. The van der Waals surface area contributed by atoms with Gasteiger partial charge in [-0.2, -0.15) is 0 Å². The van der Waals surface area contributed by atoms with Gasteiger partial charge in [-0.1, -0.05) is 0 Å². The molecule has 0 saturated heterocycles. The number of sulfone groups is 1. The molecule has 1 aromatic heterocycles. The van der Waals surface area contributed by atoms with Crippen LogP contribution in [-0.2, 0) is 25.9 Å². The number of halogens is 1. The molecule has 0 amide bonds. The van der Waals surface area contributed by atoms with Crippen LogP contribution in [-0.4, -0.2) is 42.5 Å². The monoisotopic (exact) mass is 408 g/mol. The van der Waals surface area contributed by atoms with Gasteiger partial charge in [0, 0.05) is 29.2 Å². The Labute approximate surface area is 146 Å². The number of aromatic amines is 1. The fourth-order valence-electron chi connectivity index (χ4n) is 1.89. The molecule has 2 N–H and O–H groups in total. The second-order valence-electron chi connectivity index (χ2n) is 6.77. The van der Waals surface area contributed by atoms with Gasteiger partial charge in [-0.15, -0.1) is 0 Å². The van der Waals surface area contributed by atoms with Crippen LogP contribution in [0.5, 0.6) is 0 Å². The molecule has 1 aromatic rings. The van der Waals surface area contributed by atoms with Gasteiger partial charge in [-0.05, 0) is 62.7 Å². The van der Waals surface area contributed by atoms with E-state index in [4.69, 9.17) is 4.74 Å². The lowest BCUT2D eigenvalue weighted by Crippen LogP contribution is -2.48. The maximum Gasteiger partial charge on any atom is 0.327 e. The number of hydrogen-bond acceptors (Lipinski definition) is 5. The molecule has 23 heavy (non-hydrogen) atoms. The van der Waals surface area contributed by atoms with Crippen molar-refractivity contribution in [1.82, 2.24) is 10.3 Å². The molecule has 132 valence electrons. The van der Waals surface area contributed by atoms with Crippen molar-refractivity contribution in [1.29, 1.82) is 0 Å². The average Bonchev–Trinajstić information content (AvgIpc) is 2.76. The topological polar surface area (TPSA) is 88.3 Å². The Bertz CT molecular complexity index is 649. The molecule has 1 heterocycles. The van der Waals surface area contributed by atoms with Crippen molar-refractivity contribution in [2.75, 3.05) is 12.8 Å². The molecule has 1 unspecified atom stereocenters. The van der Waals surface area contributed by atoms with E-state index < -0.39 is 26.2 Å². The number of esters is 1. The molecule has 0 aliphatic carbocycles. The third kappa shape index (κ3) is 5.93. The molecule has 0 radical (unpaired) electrons. The number of carbonyl (C=O) groups excluding carboxylic acids is 1. The van der Waals surface area contributed by atoms with E-state index in [9.17, 15) is 13.2 Å². The number of ether oxygens (including phenoxy) is 1. The number of hydrogen-bond donors (Lipinski definition) is 2. The highest BCUT2D eigenvalue weighted by molar-refractivity contribution is 9.10. The van der Waals surface area contributed by atoms with Crippen molar-refractivity contribution in [3.63, 3.8) is 0 Å². The molecule has 0 aromatic carbocycles. The first-order chi connectivity index (χ1) is 10.3. The summed E-state index contributed by atoms with van der Waals surface area (Å²) in [4.78, 5) is 15.4. The first-order valence-corrected chi connectivity index (χ1v) is 10.0. The highest BCUT2D eigenvalue weighted by Gasteiger charge is 2.45. The number of nitrogens with one attached hydrogen (secondary N) is 2. The largest absolute Gasteiger partial charge is 0.459 e. The van der Waals surface area contributed by atoms with E-state index in [1.54, 1.807) is 20.8 Å². The van der Waals surface area contributed by atoms with E-state index in [1.807, 2.05) is 12.3 Å². The van der Waals surface area contributed by atoms with Crippen molar-refractivity contribution >= 4 is 31.7 Å². The van der Waals surface area contributed by atoms with Crippen LogP contribution in [0.1, 0.15) is 39.8 Å². The van der Waals surface area contributed by atoms with Crippen LogP contribution in [0, 0.1) is 0 Å². The zero-order valence-electron chi connectivity index (χ0n) is 14.2. The molecular weight excluding hydrogens is 384 g/mol. The Kier molecular flexibility index (Phi) is 6.46. The molecular formula is C15H25BrN2O4S. The van der Waals surface area contributed by atoms with Gasteiger partial charge in [0.25, 0.3) is 0 Å². The van der Waals surface area contributed by atoms with Crippen LogP contribution < -0.4 is 5.32 Å². The minimum Gasteiger partial charge on any atom is -0.459 e. The van der Waals surface area contributed by atoms with Gasteiger partial charge < -0.3 is 15.0 Å². The van der Waals surface area contributed by atoms with Crippen LogP contribution in [0.25, 0.3) is 0 Å². The van der Waals surface area contributed by atoms with Gasteiger partial charge in [0.15, 0.2) is 14.6 Å². The van der Waals surface area contributed by atoms with Gasteiger partial charge >= 0.3 is 5.97 Å². The Balaban J connectivity index is 2.70. The van der Waals surface area contributed by atoms with E-state index in [0.29, 0.717) is 13.1 Å². The summed E-state index contributed by atoms with van der Waals surface area (Å²) in [6.45, 7) is 7.50. The predicted molar refractivity (Wildman–Crippen MR) is 93.9 cm³/mol. The first kappa shape index (κ1) is 20.2. The van der Waals surface area contributed by atoms with Gasteiger partial charge in [0.05, 0.1) is 0 Å². The number of H-pyrrole nitrogens is 1. The molecule has 0 bridgehead atoms. The number of aromatic nitrogens is 1. The third-order valence-electron chi connectivity index (χ3n) is 3.45. The summed E-state index contributed by atoms with van der Waals surface area (Å²) < 4.78 is 28.9. The summed E-state index contributed by atoms with van der Waals surface area (Å²) in [5, 5.41) is 3.14. The van der Waals surface area contributed by atoms with E-state index in [2.05, 4.69) is 26.2 Å². The van der Waals surface area contributed by atoms with Crippen LogP contribution in [0.2, 0.25) is 0 Å². The van der Waals surface area contributed by atoms with Gasteiger partial charge in [0.1, 0.15) is 5.60 Å². The standard InChI is InChI=1S/C15H25BrN2O4S/c1-14(2,3)22-13(19)15(4,23(5,20)21)6-7-17-10-12-8-11(16)9-18-12/h8-9,17-18H,6-7,10H2,1-5H3. The van der Waals surface area contributed by atoms with Crippen LogP contribution in [0.4, 0.5) is 0 Å². The second-order valence-corrected chi connectivity index (χ2v) is 10.1. The Morgan fingerprint density at radius 2 is 1.96 bits per heavy atom. The van der Waals surface area contributed by atoms with Gasteiger partial charge in [-0.3, -0.25) is 4.79 Å². The van der Waals surface area contributed by atoms with Gasteiger partial charge in [-0.25, -0.2) is 8.42 Å². The SMILES string of the molecule is CC(C)(C)OC(=O)C(C)(CCNCc1cc(Br)c[nH]1)S(C)(=O)=O. The third-order valence-corrected chi connectivity index (χ3v) is 5.92. The zero-order chi connectivity index (χ0) is 17.9. The van der Waals surface area contributed by atoms with Gasteiger partial charge in [0.2, 0.25) is 0 Å². The van der Waals surface area contributed by atoms with Crippen LogP contribution >= 0.6 is 15.9 Å². The predicted octanol–water partition coefficient (Wildman–Crippen LogP) is 2.40. The van der Waals surface area contributed by atoms with Crippen molar-refractivity contribution < 1.29 is 17.9 Å². The Hall–Kier alpha value is -0.860. The summed E-state index contributed by atoms with van der Waals surface area (Å²) in [5.74, 6) is -0.711. The van der Waals surface area contributed by atoms with Crippen molar-refractivity contribution in [3.05, 3.63) is 22.4 Å². The lowest BCUT2D eigenvalue weighted by atomic mass is 10.1. The zero-order valence-corrected chi connectivity index (χ0v) is 16.6. The second kappa shape index (κ2) is 7.36. The number of rotatable bonds is 7. The summed E-state index contributed by atoms with van der Waals surface area (Å²) in [7, 11) is -3.61. The quantitative estimate of drug-likeness (QED) is 0.534. The molecule has 1 rings (SSSR count). The first-order valence-electron chi connectivity index (χ1n) is 7.32. The minimum absolute atomic E-state index is 0.141. The molecule has 1 atom stereocenters. The Morgan fingerprint density at radius 3 is 2.39 bits per heavy atom. The molecule has 0 saturated carbocycles. The molecule has 0 aliphatic heterocycles. The smallest absolute Gasteiger partial charge is 0.327 e. The summed E-state index contributed by atoms with van der Waals surface area (Å²) in [5.41, 5.74) is 0.239. The van der Waals surface area contributed by atoms with Crippen molar-refractivity contribution in [3.8, 4) is 0 Å². The summed E-state index contributed by atoms with van der Waals surface area (Å²) >= 11 is 3.35.